The summed E-state index contributed by atoms with van der Waals surface area (Å²) in [4.78, 5) is 26.8. The molecule has 1 aliphatic heterocycles. The maximum Gasteiger partial charge on any atom is 0.253 e. The molecule has 172 valence electrons. The van der Waals surface area contributed by atoms with Crippen LogP contribution in [-0.2, 0) is 27.9 Å². The van der Waals surface area contributed by atoms with Crippen LogP contribution in [0.25, 0.3) is 0 Å². The van der Waals surface area contributed by atoms with Crippen molar-refractivity contribution in [3.63, 3.8) is 0 Å². The Balaban J connectivity index is 1.77. The predicted molar refractivity (Wildman–Crippen MR) is 126 cm³/mol. The summed E-state index contributed by atoms with van der Waals surface area (Å²) in [7, 11) is -3.58. The van der Waals surface area contributed by atoms with Gasteiger partial charge in [0.25, 0.3) is 5.91 Å². The van der Waals surface area contributed by atoms with Crippen molar-refractivity contribution < 1.29 is 18.0 Å². The van der Waals surface area contributed by atoms with Crippen molar-refractivity contribution in [2.45, 2.75) is 39.3 Å². The number of anilines is 2. The van der Waals surface area contributed by atoms with Crippen LogP contribution >= 0.6 is 0 Å². The number of carbonyl (C=O) groups is 2. The highest BCUT2D eigenvalue weighted by atomic mass is 32.2. The van der Waals surface area contributed by atoms with Gasteiger partial charge in [-0.25, -0.2) is 8.42 Å². The zero-order valence-corrected chi connectivity index (χ0v) is 19.3. The van der Waals surface area contributed by atoms with Crippen molar-refractivity contribution in [2.75, 3.05) is 29.4 Å². The van der Waals surface area contributed by atoms with Gasteiger partial charge in [-0.15, -0.1) is 0 Å². The summed E-state index contributed by atoms with van der Waals surface area (Å²) in [5, 5.41) is 5.51. The van der Waals surface area contributed by atoms with Gasteiger partial charge >= 0.3 is 0 Å². The molecule has 0 saturated carbocycles. The van der Waals surface area contributed by atoms with E-state index < -0.39 is 15.9 Å². The lowest BCUT2D eigenvalue weighted by atomic mass is 10.0. The third-order valence-electron chi connectivity index (χ3n) is 5.28. The minimum Gasteiger partial charge on any atom is -0.348 e. The van der Waals surface area contributed by atoms with Gasteiger partial charge in [0.2, 0.25) is 15.9 Å². The summed E-state index contributed by atoms with van der Waals surface area (Å²) in [5.74, 6) is -0.719. The van der Waals surface area contributed by atoms with Gasteiger partial charge in [0, 0.05) is 25.7 Å². The third-order valence-corrected chi connectivity index (χ3v) is 5.87. The molecule has 2 amide bonds. The molecule has 0 bridgehead atoms. The highest BCUT2D eigenvalue weighted by Crippen LogP contribution is 2.22. The lowest BCUT2D eigenvalue weighted by molar-refractivity contribution is -0.114. The Labute approximate surface area is 189 Å². The minimum atomic E-state index is -3.58. The summed E-state index contributed by atoms with van der Waals surface area (Å²) in [6.07, 6.45) is 4.71. The van der Waals surface area contributed by atoms with E-state index in [1.54, 1.807) is 6.07 Å². The predicted octanol–water partition coefficient (Wildman–Crippen LogP) is 2.93. The van der Waals surface area contributed by atoms with Gasteiger partial charge in [0.1, 0.15) is 0 Å². The first-order chi connectivity index (χ1) is 15.2. The van der Waals surface area contributed by atoms with E-state index in [4.69, 9.17) is 0 Å². The molecule has 0 atom stereocenters. The Hall–Kier alpha value is -2.91. The molecule has 0 aromatic heterocycles. The molecule has 32 heavy (non-hydrogen) atoms. The summed E-state index contributed by atoms with van der Waals surface area (Å²) < 4.78 is 25.8. The van der Waals surface area contributed by atoms with E-state index in [2.05, 4.69) is 26.3 Å². The van der Waals surface area contributed by atoms with Crippen molar-refractivity contribution in [1.29, 1.82) is 0 Å². The monoisotopic (exact) mass is 458 g/mol. The van der Waals surface area contributed by atoms with Crippen LogP contribution in [0.4, 0.5) is 11.4 Å². The first kappa shape index (κ1) is 23.7. The molecular formula is C23H30N4O4S. The fourth-order valence-corrected chi connectivity index (χ4v) is 4.39. The van der Waals surface area contributed by atoms with Crippen molar-refractivity contribution in [2.24, 2.45) is 0 Å². The van der Waals surface area contributed by atoms with Gasteiger partial charge in [-0.05, 0) is 55.3 Å². The number of amides is 2. The Morgan fingerprint density at radius 1 is 1.00 bits per heavy atom. The van der Waals surface area contributed by atoms with Gasteiger partial charge in [0.15, 0.2) is 0 Å². The number of benzene rings is 2. The molecule has 8 nitrogen and oxygen atoms in total. The maximum absolute atomic E-state index is 13.0. The molecule has 3 N–H and O–H groups in total. The first-order valence-corrected chi connectivity index (χ1v) is 12.6. The second-order valence-electron chi connectivity index (χ2n) is 8.10. The average Bonchev–Trinajstić information content (AvgIpc) is 2.73. The topological polar surface area (TPSA) is 108 Å². The molecule has 0 aliphatic carbocycles. The highest BCUT2D eigenvalue weighted by molar-refractivity contribution is 7.92. The molecule has 2 aromatic rings. The van der Waals surface area contributed by atoms with Crippen LogP contribution in [0.3, 0.4) is 0 Å². The molecular weight excluding hydrogens is 428 g/mol. The molecule has 0 spiro atoms. The van der Waals surface area contributed by atoms with E-state index in [1.165, 1.54) is 38.3 Å². The number of rotatable bonds is 8. The number of nitrogens with one attached hydrogen (secondary N) is 3. The third kappa shape index (κ3) is 7.06. The van der Waals surface area contributed by atoms with Crippen molar-refractivity contribution in [3.8, 4) is 0 Å². The Morgan fingerprint density at radius 2 is 1.69 bits per heavy atom. The van der Waals surface area contributed by atoms with Gasteiger partial charge in [-0.1, -0.05) is 30.7 Å². The lowest BCUT2D eigenvalue weighted by Crippen LogP contribution is -2.30. The lowest BCUT2D eigenvalue weighted by Gasteiger charge is -2.27. The van der Waals surface area contributed by atoms with Gasteiger partial charge in [-0.3, -0.25) is 19.2 Å². The largest absolute Gasteiger partial charge is 0.348 e. The zero-order chi connectivity index (χ0) is 23.1. The van der Waals surface area contributed by atoms with Gasteiger partial charge in [-0.2, -0.15) is 0 Å². The Kier molecular flexibility index (Phi) is 7.87. The number of hydrogen-bond donors (Lipinski definition) is 3. The molecule has 3 rings (SSSR count). The van der Waals surface area contributed by atoms with Crippen molar-refractivity contribution >= 4 is 33.2 Å². The summed E-state index contributed by atoms with van der Waals surface area (Å²) in [6.45, 7) is 4.67. The van der Waals surface area contributed by atoms with Crippen molar-refractivity contribution in [1.82, 2.24) is 10.2 Å². The van der Waals surface area contributed by atoms with E-state index in [0.717, 1.165) is 37.0 Å². The molecule has 1 fully saturated rings. The molecule has 9 heteroatoms. The fourth-order valence-electron chi connectivity index (χ4n) is 3.82. The van der Waals surface area contributed by atoms with Gasteiger partial charge < -0.3 is 10.6 Å². The molecule has 1 heterocycles. The Bertz CT molecular complexity index is 1080. The second kappa shape index (κ2) is 10.6. The number of sulfonamides is 1. The normalized spacial score (nSPS) is 14.6. The van der Waals surface area contributed by atoms with E-state index >= 15 is 0 Å². The standard InChI is InChI=1S/C23H30N4O4S/c1-17(28)25-20-10-11-22(26-32(2,30)31)21(14-20)23(29)24-15-18-8-4-5-9-19(18)16-27-12-6-3-7-13-27/h4-5,8-11,14,26H,3,6-7,12-13,15-16H2,1-2H3,(H,24,29)(H,25,28). The quantitative estimate of drug-likeness (QED) is 0.564. The second-order valence-corrected chi connectivity index (χ2v) is 9.85. The van der Waals surface area contributed by atoms with Crippen LogP contribution in [0.1, 0.15) is 47.7 Å². The number of carbonyl (C=O) groups excluding carboxylic acids is 2. The number of hydrogen-bond acceptors (Lipinski definition) is 5. The van der Waals surface area contributed by atoms with Crippen LogP contribution in [0.2, 0.25) is 0 Å². The van der Waals surface area contributed by atoms with Crippen LogP contribution in [0.15, 0.2) is 42.5 Å². The van der Waals surface area contributed by atoms with Crippen LogP contribution in [-0.4, -0.2) is 44.5 Å². The average molecular weight is 459 g/mol. The van der Waals surface area contributed by atoms with E-state index in [9.17, 15) is 18.0 Å². The number of likely N-dealkylation sites (tertiary alicyclic amines) is 1. The van der Waals surface area contributed by atoms with Crippen LogP contribution < -0.4 is 15.4 Å². The molecule has 2 aromatic carbocycles. The summed E-state index contributed by atoms with van der Waals surface area (Å²) in [6, 6.07) is 12.5. The number of nitrogens with zero attached hydrogens (tertiary/aromatic N) is 1. The summed E-state index contributed by atoms with van der Waals surface area (Å²) in [5.41, 5.74) is 2.88. The number of piperidine rings is 1. The van der Waals surface area contributed by atoms with E-state index in [-0.39, 0.29) is 17.2 Å². The van der Waals surface area contributed by atoms with Gasteiger partial charge in [0.05, 0.1) is 17.5 Å². The van der Waals surface area contributed by atoms with Crippen LogP contribution in [0.5, 0.6) is 0 Å². The van der Waals surface area contributed by atoms with Crippen molar-refractivity contribution in [3.05, 3.63) is 59.2 Å². The molecule has 0 radical (unpaired) electrons. The van der Waals surface area contributed by atoms with Crippen LogP contribution in [0, 0.1) is 0 Å². The zero-order valence-electron chi connectivity index (χ0n) is 18.5. The molecule has 0 unspecified atom stereocenters. The fraction of sp³-hybridized carbons (Fsp3) is 0.391. The molecule has 1 saturated heterocycles. The molecule has 1 aliphatic rings. The van der Waals surface area contributed by atoms with E-state index in [1.807, 2.05) is 18.2 Å². The SMILES string of the molecule is CC(=O)Nc1ccc(NS(C)(=O)=O)c(C(=O)NCc2ccccc2CN2CCCCC2)c1. The smallest absolute Gasteiger partial charge is 0.253 e. The maximum atomic E-state index is 13.0. The summed E-state index contributed by atoms with van der Waals surface area (Å²) >= 11 is 0. The minimum absolute atomic E-state index is 0.134. The first-order valence-electron chi connectivity index (χ1n) is 10.7. The van der Waals surface area contributed by atoms with E-state index in [0.29, 0.717) is 12.2 Å². The Morgan fingerprint density at radius 3 is 2.34 bits per heavy atom. The highest BCUT2D eigenvalue weighted by Gasteiger charge is 2.17.